The van der Waals surface area contributed by atoms with Crippen LogP contribution in [0.1, 0.15) is 96.3 Å². The van der Waals surface area contributed by atoms with E-state index in [0.717, 1.165) is 44.9 Å². The van der Waals surface area contributed by atoms with Crippen molar-refractivity contribution in [3.05, 3.63) is 23.8 Å². The molecule has 0 bridgehead atoms. The normalized spacial score (nSPS) is 23.5. The van der Waals surface area contributed by atoms with E-state index >= 15 is 0 Å². The van der Waals surface area contributed by atoms with E-state index in [1.54, 1.807) is 23.1 Å². The molecule has 4 amide bonds. The van der Waals surface area contributed by atoms with Crippen LogP contribution >= 0.6 is 0 Å². The Hall–Kier alpha value is -2.85. The lowest BCUT2D eigenvalue weighted by Crippen LogP contribution is -2.48. The first-order chi connectivity index (χ1) is 20.5. The minimum atomic E-state index is -0.476. The predicted octanol–water partition coefficient (Wildman–Crippen LogP) is 5.05. The van der Waals surface area contributed by atoms with Crippen LogP contribution in [0.3, 0.4) is 0 Å². The van der Waals surface area contributed by atoms with Crippen molar-refractivity contribution in [1.82, 2.24) is 15.1 Å². The number of nitrogens with zero attached hydrogens (tertiary/aromatic N) is 2. The molecular formula is C33H54N4O6. The van der Waals surface area contributed by atoms with Gasteiger partial charge >= 0.3 is 6.03 Å². The molecule has 1 heterocycles. The summed E-state index contributed by atoms with van der Waals surface area (Å²) in [5, 5.41) is 15.8. The second-order valence-electron chi connectivity index (χ2n) is 12.8. The predicted molar refractivity (Wildman–Crippen MR) is 168 cm³/mol. The Labute approximate surface area is 257 Å². The van der Waals surface area contributed by atoms with Crippen LogP contribution in [0, 0.1) is 11.8 Å². The first-order valence-electron chi connectivity index (χ1n) is 16.2. The van der Waals surface area contributed by atoms with Gasteiger partial charge in [-0.2, -0.15) is 0 Å². The van der Waals surface area contributed by atoms with Gasteiger partial charge in [-0.3, -0.25) is 9.59 Å². The third-order valence-electron chi connectivity index (χ3n) is 8.51. The molecule has 10 nitrogen and oxygen atoms in total. The molecule has 1 aliphatic carbocycles. The van der Waals surface area contributed by atoms with Gasteiger partial charge in [-0.1, -0.05) is 26.2 Å². The first-order valence-corrected chi connectivity index (χ1v) is 16.2. The highest BCUT2D eigenvalue weighted by Gasteiger charge is 2.32. The Balaban J connectivity index is 1.90. The number of aliphatic hydroxyl groups is 1. The van der Waals surface area contributed by atoms with Crippen LogP contribution in [0.15, 0.2) is 18.2 Å². The summed E-state index contributed by atoms with van der Waals surface area (Å²) in [6, 6.07) is 4.21. The van der Waals surface area contributed by atoms with Crippen LogP contribution in [-0.2, 0) is 9.53 Å². The number of aliphatic hydroxyl groups excluding tert-OH is 1. The van der Waals surface area contributed by atoms with Gasteiger partial charge in [0.2, 0.25) is 5.91 Å². The molecule has 3 N–H and O–H groups in total. The summed E-state index contributed by atoms with van der Waals surface area (Å²) >= 11 is 0. The smallest absolute Gasteiger partial charge is 0.319 e. The quantitative estimate of drug-likeness (QED) is 0.402. The highest BCUT2D eigenvalue weighted by Crippen LogP contribution is 2.29. The molecule has 0 unspecified atom stereocenters. The van der Waals surface area contributed by atoms with Crippen molar-refractivity contribution in [1.29, 1.82) is 0 Å². The van der Waals surface area contributed by atoms with Crippen molar-refractivity contribution in [3.63, 3.8) is 0 Å². The Morgan fingerprint density at radius 1 is 1.07 bits per heavy atom. The average Bonchev–Trinajstić information content (AvgIpc) is 2.98. The van der Waals surface area contributed by atoms with Crippen molar-refractivity contribution in [3.8, 4) is 5.75 Å². The first kappa shape index (κ1) is 34.6. The molecule has 1 saturated carbocycles. The second kappa shape index (κ2) is 16.9. The molecule has 0 spiro atoms. The summed E-state index contributed by atoms with van der Waals surface area (Å²) in [6.07, 6.45) is 7.38. The Bertz CT molecular complexity index is 1060. The topological polar surface area (TPSA) is 120 Å². The average molecular weight is 603 g/mol. The number of carbonyl (C=O) groups excluding carboxylic acids is 3. The fraction of sp³-hybridized carbons (Fsp3) is 0.727. The largest absolute Gasteiger partial charge is 0.490 e. The van der Waals surface area contributed by atoms with Crippen LogP contribution in [0.2, 0.25) is 0 Å². The monoisotopic (exact) mass is 602 g/mol. The summed E-state index contributed by atoms with van der Waals surface area (Å²) in [5.41, 5.74) is 0.789. The molecule has 4 atom stereocenters. The van der Waals surface area contributed by atoms with Crippen molar-refractivity contribution in [2.75, 3.05) is 38.7 Å². The molecule has 43 heavy (non-hydrogen) atoms. The summed E-state index contributed by atoms with van der Waals surface area (Å²) in [4.78, 5) is 43.4. The Morgan fingerprint density at radius 2 is 1.77 bits per heavy atom. The highest BCUT2D eigenvalue weighted by atomic mass is 16.5. The number of nitrogens with one attached hydrogen (secondary N) is 2. The van der Waals surface area contributed by atoms with Crippen LogP contribution in [0.5, 0.6) is 5.75 Å². The zero-order valence-corrected chi connectivity index (χ0v) is 27.1. The highest BCUT2D eigenvalue weighted by molar-refractivity contribution is 5.99. The van der Waals surface area contributed by atoms with Crippen molar-refractivity contribution in [2.24, 2.45) is 11.8 Å². The fourth-order valence-corrected chi connectivity index (χ4v) is 5.91. The van der Waals surface area contributed by atoms with Gasteiger partial charge < -0.3 is 35.0 Å². The van der Waals surface area contributed by atoms with Gasteiger partial charge in [0, 0.05) is 50.3 Å². The Morgan fingerprint density at radius 3 is 2.44 bits per heavy atom. The number of benzene rings is 1. The van der Waals surface area contributed by atoms with E-state index in [1.165, 1.54) is 6.42 Å². The van der Waals surface area contributed by atoms with Gasteiger partial charge in [0.05, 0.1) is 30.4 Å². The lowest BCUT2D eigenvalue weighted by atomic mass is 9.88. The summed E-state index contributed by atoms with van der Waals surface area (Å²) in [6.45, 7) is 10.7. The van der Waals surface area contributed by atoms with E-state index in [4.69, 9.17) is 9.47 Å². The number of urea groups is 1. The maximum Gasteiger partial charge on any atom is 0.319 e. The molecule has 0 aromatic heterocycles. The molecule has 1 aromatic carbocycles. The third kappa shape index (κ3) is 10.4. The summed E-state index contributed by atoms with van der Waals surface area (Å²) in [5.74, 6) is 0.268. The molecule has 2 aliphatic rings. The molecule has 1 fully saturated rings. The van der Waals surface area contributed by atoms with Gasteiger partial charge in [0.15, 0.2) is 0 Å². The number of fused-ring (bicyclic) bond motifs is 1. The number of amides is 4. The molecule has 0 radical (unpaired) electrons. The lowest BCUT2D eigenvalue weighted by Gasteiger charge is -2.36. The number of ether oxygens (including phenoxy) is 2. The van der Waals surface area contributed by atoms with Gasteiger partial charge in [0.25, 0.3) is 5.91 Å². The van der Waals surface area contributed by atoms with Crippen molar-refractivity contribution >= 4 is 23.5 Å². The van der Waals surface area contributed by atoms with Gasteiger partial charge in [0.1, 0.15) is 5.75 Å². The molecule has 10 heteroatoms. The van der Waals surface area contributed by atoms with E-state index < -0.39 is 6.04 Å². The molecule has 0 saturated heterocycles. The van der Waals surface area contributed by atoms with Gasteiger partial charge in [-0.25, -0.2) is 4.79 Å². The van der Waals surface area contributed by atoms with E-state index in [2.05, 4.69) is 10.6 Å². The van der Waals surface area contributed by atoms with Crippen molar-refractivity contribution < 1.29 is 29.0 Å². The Kier molecular flexibility index (Phi) is 13.6. The van der Waals surface area contributed by atoms with E-state index in [-0.39, 0.29) is 54.5 Å². The van der Waals surface area contributed by atoms with Gasteiger partial charge in [-0.05, 0) is 78.0 Å². The molecular weight excluding hydrogens is 548 g/mol. The number of hydrogen-bond donors (Lipinski definition) is 3. The molecule has 1 aromatic rings. The van der Waals surface area contributed by atoms with Crippen LogP contribution in [-0.4, -0.2) is 90.4 Å². The van der Waals surface area contributed by atoms with E-state index in [9.17, 15) is 19.5 Å². The van der Waals surface area contributed by atoms with Crippen LogP contribution < -0.4 is 15.4 Å². The molecule has 242 valence electrons. The van der Waals surface area contributed by atoms with Crippen LogP contribution in [0.4, 0.5) is 10.5 Å². The minimum Gasteiger partial charge on any atom is -0.490 e. The summed E-state index contributed by atoms with van der Waals surface area (Å²) in [7, 11) is 1.86. The SMILES string of the molecule is CC(C)NC(=O)Nc1ccc2c(c1)C(=O)N([C@@H](C)CO)C[C@@H](C)[C@H](CN(C)C(=O)C1CCCCC1)OCCCC[C@H](C)O2. The zero-order valence-electron chi connectivity index (χ0n) is 27.1. The maximum atomic E-state index is 14.2. The number of likely N-dealkylation sites (N-methyl/N-ethyl adjacent to an activating group) is 1. The second-order valence-corrected chi connectivity index (χ2v) is 12.8. The number of anilines is 1. The van der Waals surface area contributed by atoms with E-state index in [1.807, 2.05) is 46.6 Å². The summed E-state index contributed by atoms with van der Waals surface area (Å²) < 4.78 is 12.7. The standard InChI is InChI=1S/C33H54N4O6/c1-22(2)34-33(41)35-27-15-16-29-28(18-27)32(40)37(24(4)21-38)19-23(3)30(42-17-11-10-12-25(5)43-29)20-36(6)31(39)26-13-8-7-9-14-26/h15-16,18,22-26,30,38H,7-14,17,19-21H2,1-6H3,(H2,34,35,41)/t23-,24+,25+,30+/m1/s1. The minimum absolute atomic E-state index is 0.0438. The number of hydrogen-bond acceptors (Lipinski definition) is 6. The molecule has 1 aliphatic heterocycles. The lowest BCUT2D eigenvalue weighted by molar-refractivity contribution is -0.137. The number of carbonyl (C=O) groups is 3. The maximum absolute atomic E-state index is 14.2. The van der Waals surface area contributed by atoms with Crippen molar-refractivity contribution in [2.45, 2.75) is 110 Å². The van der Waals surface area contributed by atoms with Crippen LogP contribution in [0.25, 0.3) is 0 Å². The molecule has 3 rings (SSSR count). The van der Waals surface area contributed by atoms with E-state index in [0.29, 0.717) is 36.7 Å². The fourth-order valence-electron chi connectivity index (χ4n) is 5.91. The van der Waals surface area contributed by atoms with Gasteiger partial charge in [-0.15, -0.1) is 0 Å². The zero-order chi connectivity index (χ0) is 31.5. The number of rotatable bonds is 7. The third-order valence-corrected chi connectivity index (χ3v) is 8.51.